The Morgan fingerprint density at radius 3 is 2.76 bits per heavy atom. The van der Waals surface area contributed by atoms with Crippen LogP contribution in [0.2, 0.25) is 0 Å². The molecule has 1 fully saturated rings. The Labute approximate surface area is 103 Å². The molecule has 0 aromatic carbocycles. The third kappa shape index (κ3) is 2.65. The van der Waals surface area contributed by atoms with E-state index in [0.717, 1.165) is 25.1 Å². The molecule has 1 N–H and O–H groups in total. The lowest BCUT2D eigenvalue weighted by atomic mass is 9.82. The van der Waals surface area contributed by atoms with Crippen LogP contribution in [0.4, 0.5) is 0 Å². The van der Waals surface area contributed by atoms with Gasteiger partial charge in [0.2, 0.25) is 5.91 Å². The molecule has 2 rings (SSSR count). The molecular formula is C14H20N2O. The van der Waals surface area contributed by atoms with E-state index in [1.165, 1.54) is 12.8 Å². The molecule has 1 aromatic rings. The van der Waals surface area contributed by atoms with Gasteiger partial charge in [-0.05, 0) is 25.0 Å². The van der Waals surface area contributed by atoms with Crippen molar-refractivity contribution in [3.05, 3.63) is 30.1 Å². The van der Waals surface area contributed by atoms with Gasteiger partial charge in [-0.1, -0.05) is 25.8 Å². The van der Waals surface area contributed by atoms with Crippen molar-refractivity contribution in [3.8, 4) is 0 Å². The molecule has 17 heavy (non-hydrogen) atoms. The minimum atomic E-state index is 0.0755. The van der Waals surface area contributed by atoms with Crippen molar-refractivity contribution in [1.82, 2.24) is 10.3 Å². The molecule has 0 atom stereocenters. The van der Waals surface area contributed by atoms with Gasteiger partial charge < -0.3 is 5.32 Å². The number of amides is 1. The van der Waals surface area contributed by atoms with E-state index in [2.05, 4.69) is 16.4 Å². The van der Waals surface area contributed by atoms with Crippen molar-refractivity contribution in [1.29, 1.82) is 0 Å². The van der Waals surface area contributed by atoms with Crippen molar-refractivity contribution in [2.45, 2.75) is 44.4 Å². The van der Waals surface area contributed by atoms with Gasteiger partial charge in [-0.2, -0.15) is 0 Å². The van der Waals surface area contributed by atoms with Crippen LogP contribution in [0.15, 0.2) is 24.4 Å². The second-order valence-corrected chi connectivity index (χ2v) is 4.83. The Balaban J connectivity index is 2.13. The van der Waals surface area contributed by atoms with Crippen molar-refractivity contribution < 1.29 is 4.79 Å². The molecule has 1 amide bonds. The molecule has 1 saturated carbocycles. The van der Waals surface area contributed by atoms with Gasteiger partial charge >= 0.3 is 0 Å². The van der Waals surface area contributed by atoms with Crippen LogP contribution in [0.5, 0.6) is 0 Å². The van der Waals surface area contributed by atoms with E-state index in [1.54, 1.807) is 0 Å². The van der Waals surface area contributed by atoms with Crippen LogP contribution >= 0.6 is 0 Å². The van der Waals surface area contributed by atoms with Crippen LogP contribution in [0.3, 0.4) is 0 Å². The molecule has 0 aliphatic heterocycles. The fraction of sp³-hybridized carbons (Fsp3) is 0.571. The van der Waals surface area contributed by atoms with Gasteiger partial charge in [-0.15, -0.1) is 0 Å². The van der Waals surface area contributed by atoms with Gasteiger partial charge in [0.05, 0.1) is 0 Å². The van der Waals surface area contributed by atoms with E-state index in [1.807, 2.05) is 25.3 Å². The van der Waals surface area contributed by atoms with Crippen LogP contribution in [0, 0.1) is 0 Å². The first kappa shape index (κ1) is 12.1. The summed E-state index contributed by atoms with van der Waals surface area (Å²) in [6.07, 6.45) is 7.13. The van der Waals surface area contributed by atoms with E-state index in [4.69, 9.17) is 0 Å². The molecule has 92 valence electrons. The van der Waals surface area contributed by atoms with Crippen molar-refractivity contribution in [3.63, 3.8) is 0 Å². The van der Waals surface area contributed by atoms with Crippen LogP contribution in [0.1, 0.15) is 44.7 Å². The predicted octanol–water partition coefficient (Wildman–Crippen LogP) is 2.42. The largest absolute Gasteiger partial charge is 0.355 e. The SMILES string of the molecule is CCC(=O)NCC1(c2ccccn2)CCCC1. The Kier molecular flexibility index (Phi) is 3.77. The maximum Gasteiger partial charge on any atom is 0.219 e. The van der Waals surface area contributed by atoms with Gasteiger partial charge in [0, 0.05) is 30.3 Å². The summed E-state index contributed by atoms with van der Waals surface area (Å²) in [4.78, 5) is 15.9. The summed E-state index contributed by atoms with van der Waals surface area (Å²) in [7, 11) is 0. The van der Waals surface area contributed by atoms with Gasteiger partial charge in [-0.3, -0.25) is 9.78 Å². The molecule has 1 aliphatic carbocycles. The zero-order valence-electron chi connectivity index (χ0n) is 10.4. The predicted molar refractivity (Wildman–Crippen MR) is 67.7 cm³/mol. The lowest BCUT2D eigenvalue weighted by Crippen LogP contribution is -2.39. The first-order valence-corrected chi connectivity index (χ1v) is 6.45. The molecule has 0 bridgehead atoms. The Morgan fingerprint density at radius 2 is 2.18 bits per heavy atom. The Bertz CT molecular complexity index is 369. The minimum Gasteiger partial charge on any atom is -0.355 e. The van der Waals surface area contributed by atoms with Gasteiger partial charge in [0.1, 0.15) is 0 Å². The third-order valence-electron chi connectivity index (χ3n) is 3.71. The minimum absolute atomic E-state index is 0.0755. The fourth-order valence-corrected chi connectivity index (χ4v) is 2.64. The second-order valence-electron chi connectivity index (χ2n) is 4.83. The van der Waals surface area contributed by atoms with Crippen LogP contribution in [0.25, 0.3) is 0 Å². The van der Waals surface area contributed by atoms with Gasteiger partial charge in [0.15, 0.2) is 0 Å². The zero-order chi connectivity index (χ0) is 12.1. The number of pyridine rings is 1. The van der Waals surface area contributed by atoms with E-state index in [-0.39, 0.29) is 11.3 Å². The van der Waals surface area contributed by atoms with Crippen molar-refractivity contribution in [2.24, 2.45) is 0 Å². The van der Waals surface area contributed by atoms with Gasteiger partial charge in [0.25, 0.3) is 0 Å². The first-order valence-electron chi connectivity index (χ1n) is 6.45. The highest BCUT2D eigenvalue weighted by atomic mass is 16.1. The molecule has 3 nitrogen and oxygen atoms in total. The number of aromatic nitrogens is 1. The molecule has 0 spiro atoms. The van der Waals surface area contributed by atoms with E-state index in [9.17, 15) is 4.79 Å². The number of carbonyl (C=O) groups excluding carboxylic acids is 1. The normalized spacial score (nSPS) is 17.9. The summed E-state index contributed by atoms with van der Waals surface area (Å²) in [6, 6.07) is 6.06. The second kappa shape index (κ2) is 5.30. The summed E-state index contributed by atoms with van der Waals surface area (Å²) in [5.41, 5.74) is 1.21. The Morgan fingerprint density at radius 1 is 1.41 bits per heavy atom. The Hall–Kier alpha value is -1.38. The number of nitrogens with one attached hydrogen (secondary N) is 1. The summed E-state index contributed by atoms with van der Waals surface area (Å²) in [5, 5.41) is 3.03. The number of hydrogen-bond donors (Lipinski definition) is 1. The number of rotatable bonds is 4. The number of nitrogens with zero attached hydrogens (tertiary/aromatic N) is 1. The number of carbonyl (C=O) groups is 1. The highest BCUT2D eigenvalue weighted by Crippen LogP contribution is 2.39. The van der Waals surface area contributed by atoms with Crippen LogP contribution < -0.4 is 5.32 Å². The van der Waals surface area contributed by atoms with E-state index in [0.29, 0.717) is 6.42 Å². The average molecular weight is 232 g/mol. The molecule has 0 unspecified atom stereocenters. The third-order valence-corrected chi connectivity index (χ3v) is 3.71. The summed E-state index contributed by atoms with van der Waals surface area (Å²) < 4.78 is 0. The summed E-state index contributed by atoms with van der Waals surface area (Å²) in [5.74, 6) is 0.132. The van der Waals surface area contributed by atoms with Gasteiger partial charge in [-0.25, -0.2) is 0 Å². The molecular weight excluding hydrogens is 212 g/mol. The van der Waals surface area contributed by atoms with Crippen LogP contribution in [-0.2, 0) is 10.2 Å². The molecule has 3 heteroatoms. The standard InChI is InChI=1S/C14H20N2O/c1-2-13(17)16-11-14(8-4-5-9-14)12-7-3-6-10-15-12/h3,6-7,10H,2,4-5,8-9,11H2,1H3,(H,16,17). The molecule has 1 aliphatic rings. The maximum absolute atomic E-state index is 11.4. The lowest BCUT2D eigenvalue weighted by molar-refractivity contribution is -0.121. The van der Waals surface area contributed by atoms with Crippen molar-refractivity contribution in [2.75, 3.05) is 6.54 Å². The number of hydrogen-bond acceptors (Lipinski definition) is 2. The zero-order valence-corrected chi connectivity index (χ0v) is 10.4. The molecule has 0 saturated heterocycles. The van der Waals surface area contributed by atoms with Crippen LogP contribution in [-0.4, -0.2) is 17.4 Å². The highest BCUT2D eigenvalue weighted by molar-refractivity contribution is 5.75. The summed E-state index contributed by atoms with van der Waals surface area (Å²) >= 11 is 0. The maximum atomic E-state index is 11.4. The topological polar surface area (TPSA) is 42.0 Å². The average Bonchev–Trinajstić information content (AvgIpc) is 2.87. The fourth-order valence-electron chi connectivity index (χ4n) is 2.64. The highest BCUT2D eigenvalue weighted by Gasteiger charge is 2.36. The first-order chi connectivity index (χ1) is 8.27. The smallest absolute Gasteiger partial charge is 0.219 e. The lowest BCUT2D eigenvalue weighted by Gasteiger charge is -2.28. The van der Waals surface area contributed by atoms with Crippen molar-refractivity contribution >= 4 is 5.91 Å². The quantitative estimate of drug-likeness (QED) is 0.866. The van der Waals surface area contributed by atoms with E-state index >= 15 is 0 Å². The molecule has 0 radical (unpaired) electrons. The monoisotopic (exact) mass is 232 g/mol. The molecule has 1 heterocycles. The summed E-state index contributed by atoms with van der Waals surface area (Å²) in [6.45, 7) is 2.62. The molecule has 1 aromatic heterocycles. The van der Waals surface area contributed by atoms with E-state index < -0.39 is 0 Å².